The molecule has 0 spiro atoms. The maximum atomic E-state index is 9.08. The molecule has 4 atom stereocenters. The molecule has 0 amide bonds. The van der Waals surface area contributed by atoms with Crippen molar-refractivity contribution >= 4 is 0 Å². The maximum absolute atomic E-state index is 9.08. The molecular weight excluding hydrogens is 152 g/mol. The van der Waals surface area contributed by atoms with Gasteiger partial charge in [-0.1, -0.05) is 13.8 Å². The topological polar surface area (TPSA) is 40.5 Å². The van der Waals surface area contributed by atoms with E-state index < -0.39 is 0 Å². The van der Waals surface area contributed by atoms with Crippen LogP contribution in [0.2, 0.25) is 0 Å². The Morgan fingerprint density at radius 2 is 1.25 bits per heavy atom. The van der Waals surface area contributed by atoms with Gasteiger partial charge in [-0.15, -0.1) is 0 Å². The summed E-state index contributed by atoms with van der Waals surface area (Å²) in [5, 5.41) is 18.2. The average molecular weight is 172 g/mol. The largest absolute Gasteiger partial charge is 0.396 e. The first-order chi connectivity index (χ1) is 5.70. The molecule has 2 N–H and O–H groups in total. The first-order valence-corrected chi connectivity index (χ1v) is 4.92. The van der Waals surface area contributed by atoms with Gasteiger partial charge in [-0.3, -0.25) is 0 Å². The van der Waals surface area contributed by atoms with Crippen LogP contribution in [-0.4, -0.2) is 23.4 Å². The third-order valence-electron chi connectivity index (χ3n) is 3.69. The van der Waals surface area contributed by atoms with Gasteiger partial charge in [-0.2, -0.15) is 0 Å². The van der Waals surface area contributed by atoms with Gasteiger partial charge >= 0.3 is 0 Å². The Bertz CT molecular complexity index is 120. The van der Waals surface area contributed by atoms with E-state index in [9.17, 15) is 0 Å². The van der Waals surface area contributed by atoms with Crippen LogP contribution in [0.15, 0.2) is 0 Å². The molecule has 72 valence electrons. The molecule has 1 aliphatic rings. The predicted octanol–water partition coefficient (Wildman–Crippen LogP) is 1.27. The lowest BCUT2D eigenvalue weighted by Crippen LogP contribution is -2.34. The second-order valence-corrected chi connectivity index (χ2v) is 4.18. The van der Waals surface area contributed by atoms with Gasteiger partial charge in [0, 0.05) is 13.2 Å². The molecular formula is C10H20O2. The van der Waals surface area contributed by atoms with Gasteiger partial charge in [-0.05, 0) is 36.5 Å². The smallest absolute Gasteiger partial charge is 0.0461 e. The summed E-state index contributed by atoms with van der Waals surface area (Å²) < 4.78 is 0. The Kier molecular flexibility index (Phi) is 3.53. The van der Waals surface area contributed by atoms with Gasteiger partial charge in [-0.25, -0.2) is 0 Å². The fourth-order valence-electron chi connectivity index (χ4n) is 2.33. The minimum Gasteiger partial charge on any atom is -0.396 e. The van der Waals surface area contributed by atoms with E-state index >= 15 is 0 Å². The van der Waals surface area contributed by atoms with E-state index in [1.54, 1.807) is 0 Å². The van der Waals surface area contributed by atoms with Crippen molar-refractivity contribution in [3.05, 3.63) is 0 Å². The molecule has 1 aliphatic carbocycles. The number of hydrogen-bond donors (Lipinski definition) is 2. The molecule has 0 bridgehead atoms. The van der Waals surface area contributed by atoms with Crippen LogP contribution in [0.3, 0.4) is 0 Å². The highest BCUT2D eigenvalue weighted by Gasteiger charge is 2.32. The van der Waals surface area contributed by atoms with E-state index in [-0.39, 0.29) is 0 Å². The predicted molar refractivity (Wildman–Crippen MR) is 48.7 cm³/mol. The molecule has 0 radical (unpaired) electrons. The summed E-state index contributed by atoms with van der Waals surface area (Å²) in [7, 11) is 0. The van der Waals surface area contributed by atoms with Gasteiger partial charge in [0.05, 0.1) is 0 Å². The van der Waals surface area contributed by atoms with Crippen molar-refractivity contribution in [3.8, 4) is 0 Å². The highest BCUT2D eigenvalue weighted by atomic mass is 16.3. The van der Waals surface area contributed by atoms with Crippen LogP contribution in [0.25, 0.3) is 0 Å². The van der Waals surface area contributed by atoms with Crippen LogP contribution in [0, 0.1) is 23.7 Å². The Labute approximate surface area is 74.6 Å². The molecule has 1 fully saturated rings. The van der Waals surface area contributed by atoms with Crippen LogP contribution >= 0.6 is 0 Å². The second kappa shape index (κ2) is 4.24. The molecule has 0 heterocycles. The minimum absolute atomic E-state index is 0.309. The highest BCUT2D eigenvalue weighted by molar-refractivity contribution is 4.82. The molecule has 1 saturated carbocycles. The number of hydrogen-bond acceptors (Lipinski definition) is 2. The van der Waals surface area contributed by atoms with E-state index in [1.807, 2.05) is 0 Å². The molecule has 0 unspecified atom stereocenters. The van der Waals surface area contributed by atoms with Crippen LogP contribution in [-0.2, 0) is 0 Å². The van der Waals surface area contributed by atoms with Crippen molar-refractivity contribution < 1.29 is 10.2 Å². The molecule has 2 heteroatoms. The molecule has 2 nitrogen and oxygen atoms in total. The van der Waals surface area contributed by atoms with E-state index in [1.165, 1.54) is 0 Å². The van der Waals surface area contributed by atoms with Gasteiger partial charge in [0.15, 0.2) is 0 Å². The van der Waals surface area contributed by atoms with Crippen LogP contribution < -0.4 is 0 Å². The summed E-state index contributed by atoms with van der Waals surface area (Å²) >= 11 is 0. The number of aliphatic hydroxyl groups is 2. The summed E-state index contributed by atoms with van der Waals surface area (Å²) in [5.41, 5.74) is 0. The SMILES string of the molecule is C[C@@H]1[C@H](CO)CC[C@H](CO)[C@@H]1C. The summed E-state index contributed by atoms with van der Waals surface area (Å²) in [6.07, 6.45) is 2.15. The minimum atomic E-state index is 0.309. The summed E-state index contributed by atoms with van der Waals surface area (Å²) in [6, 6.07) is 0. The Hall–Kier alpha value is -0.0800. The molecule has 12 heavy (non-hydrogen) atoms. The fourth-order valence-corrected chi connectivity index (χ4v) is 2.33. The first kappa shape index (κ1) is 10.0. The third-order valence-corrected chi connectivity index (χ3v) is 3.69. The third kappa shape index (κ3) is 1.80. The Morgan fingerprint density at radius 1 is 0.917 bits per heavy atom. The maximum Gasteiger partial charge on any atom is 0.0461 e. The summed E-state index contributed by atoms with van der Waals surface area (Å²) in [4.78, 5) is 0. The average Bonchev–Trinajstić information content (AvgIpc) is 2.10. The zero-order valence-corrected chi connectivity index (χ0v) is 8.03. The Balaban J connectivity index is 2.52. The van der Waals surface area contributed by atoms with E-state index in [0.717, 1.165) is 12.8 Å². The molecule has 1 rings (SSSR count). The zero-order chi connectivity index (χ0) is 9.14. The van der Waals surface area contributed by atoms with Crippen molar-refractivity contribution in [1.29, 1.82) is 0 Å². The monoisotopic (exact) mass is 172 g/mol. The quantitative estimate of drug-likeness (QED) is 0.658. The van der Waals surface area contributed by atoms with Gasteiger partial charge in [0.1, 0.15) is 0 Å². The second-order valence-electron chi connectivity index (χ2n) is 4.18. The van der Waals surface area contributed by atoms with Crippen molar-refractivity contribution in [2.24, 2.45) is 23.7 Å². The van der Waals surface area contributed by atoms with Crippen LogP contribution in [0.5, 0.6) is 0 Å². The van der Waals surface area contributed by atoms with Crippen molar-refractivity contribution in [3.63, 3.8) is 0 Å². The van der Waals surface area contributed by atoms with Gasteiger partial charge in [0.25, 0.3) is 0 Å². The van der Waals surface area contributed by atoms with E-state index in [2.05, 4.69) is 13.8 Å². The standard InChI is InChI=1S/C10H20O2/c1-7-8(2)10(6-12)4-3-9(7)5-11/h7-12H,3-6H2,1-2H3/t7-,8+,9-,10+. The van der Waals surface area contributed by atoms with Crippen LogP contribution in [0.1, 0.15) is 26.7 Å². The van der Waals surface area contributed by atoms with Gasteiger partial charge in [0.2, 0.25) is 0 Å². The number of aliphatic hydroxyl groups excluding tert-OH is 2. The molecule has 0 aromatic rings. The van der Waals surface area contributed by atoms with Crippen LogP contribution in [0.4, 0.5) is 0 Å². The number of rotatable bonds is 2. The van der Waals surface area contributed by atoms with Gasteiger partial charge < -0.3 is 10.2 Å². The highest BCUT2D eigenvalue weighted by Crippen LogP contribution is 2.37. The normalized spacial score (nSPS) is 43.0. The first-order valence-electron chi connectivity index (χ1n) is 4.92. The lowest BCUT2D eigenvalue weighted by Gasteiger charge is -2.38. The van der Waals surface area contributed by atoms with E-state index in [0.29, 0.717) is 36.9 Å². The fraction of sp³-hybridized carbons (Fsp3) is 1.00. The lowest BCUT2D eigenvalue weighted by atomic mass is 9.68. The summed E-state index contributed by atoms with van der Waals surface area (Å²) in [5.74, 6) is 2.03. The molecule has 0 aliphatic heterocycles. The van der Waals surface area contributed by atoms with E-state index in [4.69, 9.17) is 10.2 Å². The molecule has 0 aromatic heterocycles. The molecule has 0 aromatic carbocycles. The Morgan fingerprint density at radius 3 is 1.50 bits per heavy atom. The van der Waals surface area contributed by atoms with Crippen molar-refractivity contribution in [2.45, 2.75) is 26.7 Å². The lowest BCUT2D eigenvalue weighted by molar-refractivity contribution is 0.0412. The molecule has 0 saturated heterocycles. The summed E-state index contributed by atoms with van der Waals surface area (Å²) in [6.45, 7) is 4.99. The zero-order valence-electron chi connectivity index (χ0n) is 8.03. The van der Waals surface area contributed by atoms with Crippen molar-refractivity contribution in [1.82, 2.24) is 0 Å². The van der Waals surface area contributed by atoms with Crippen molar-refractivity contribution in [2.75, 3.05) is 13.2 Å².